The van der Waals surface area contributed by atoms with Crippen LogP contribution in [0.5, 0.6) is 0 Å². The number of ether oxygens (including phenoxy) is 1. The van der Waals surface area contributed by atoms with Gasteiger partial charge >= 0.3 is 18.3 Å². The van der Waals surface area contributed by atoms with Gasteiger partial charge in [0.25, 0.3) is 5.60 Å². The Morgan fingerprint density at radius 1 is 0.840 bits per heavy atom. The predicted octanol–water partition coefficient (Wildman–Crippen LogP) is 7.91. The first kappa shape index (κ1) is 37.6. The molecule has 1 atom stereocenters. The normalized spacial score (nSPS) is 22.5. The molecule has 0 aromatic heterocycles. The first-order valence-corrected chi connectivity index (χ1v) is 17.1. The maximum atomic E-state index is 14.5. The van der Waals surface area contributed by atoms with Gasteiger partial charge in [0.1, 0.15) is 22.2 Å². The van der Waals surface area contributed by atoms with Gasteiger partial charge in [-0.15, -0.1) is 0 Å². The van der Waals surface area contributed by atoms with E-state index in [1.54, 1.807) is 0 Å². The summed E-state index contributed by atoms with van der Waals surface area (Å²) < 4.78 is 160. The van der Waals surface area contributed by atoms with Crippen LogP contribution in [0.4, 0.5) is 39.5 Å². The van der Waals surface area contributed by atoms with E-state index in [2.05, 4.69) is 4.74 Å². The van der Waals surface area contributed by atoms with E-state index in [1.165, 1.54) is 0 Å². The Labute approximate surface area is 281 Å². The third-order valence-electron chi connectivity index (χ3n) is 9.77. The van der Waals surface area contributed by atoms with Crippen molar-refractivity contribution >= 4 is 15.8 Å². The number of carbonyl (C=O) groups is 1. The summed E-state index contributed by atoms with van der Waals surface area (Å²) in [4.78, 5) is 12.9. The van der Waals surface area contributed by atoms with Gasteiger partial charge in [0.15, 0.2) is 9.84 Å². The Hall–Kier alpha value is -3.63. The fraction of sp³-hybridized carbons (Fsp3) is 0.441. The first-order valence-electron chi connectivity index (χ1n) is 15.6. The lowest BCUT2D eigenvalue weighted by Gasteiger charge is -2.38. The highest BCUT2D eigenvalue weighted by Crippen LogP contribution is 2.54. The molecular weight excluding hydrogens is 705 g/mol. The Bertz CT molecular complexity index is 1760. The van der Waals surface area contributed by atoms with Crippen molar-refractivity contribution in [2.24, 2.45) is 11.8 Å². The zero-order chi connectivity index (χ0) is 36.7. The van der Waals surface area contributed by atoms with Crippen LogP contribution in [-0.4, -0.2) is 56.4 Å². The van der Waals surface area contributed by atoms with Crippen LogP contribution in [0.3, 0.4) is 0 Å². The molecular formula is C34H32F9NO5S. The minimum atomic E-state index is -6.20. The summed E-state index contributed by atoms with van der Waals surface area (Å²) in [5.74, 6) is -4.95. The van der Waals surface area contributed by atoms with E-state index in [0.717, 1.165) is 42.5 Å². The van der Waals surface area contributed by atoms with Crippen LogP contribution in [-0.2, 0) is 36.3 Å². The molecule has 272 valence electrons. The summed E-state index contributed by atoms with van der Waals surface area (Å²) in [6.45, 7) is -1.41. The van der Waals surface area contributed by atoms with E-state index in [9.17, 15) is 57.8 Å². The predicted molar refractivity (Wildman–Crippen MR) is 161 cm³/mol. The molecule has 1 aliphatic carbocycles. The van der Waals surface area contributed by atoms with Crippen molar-refractivity contribution in [3.8, 4) is 0 Å². The number of sulfone groups is 1. The molecule has 1 saturated heterocycles. The molecule has 1 N–H and O–H groups in total. The average molecular weight is 738 g/mol. The van der Waals surface area contributed by atoms with Crippen molar-refractivity contribution in [2.75, 3.05) is 19.6 Å². The van der Waals surface area contributed by atoms with Crippen LogP contribution in [0.1, 0.15) is 48.8 Å². The standard InChI is InChI=1S/C34H32F9NO5S/c35-25-12-14-26(15-13-25)50(47,48)31(16-17-44(20-31)18-21-4-6-22(7-5-21)30(45)46)23-8-10-24(11-9-23)32(33(38,39)40,34(41,42)43)49-19-27-28(36)2-1-3-29(27)37/h1-3,8-15,21-22H,4-7,16-20H2,(H,45,46)/t21?,22?,31-/m0/s1. The molecule has 2 aliphatic rings. The lowest BCUT2D eigenvalue weighted by atomic mass is 9.82. The highest BCUT2D eigenvalue weighted by molar-refractivity contribution is 7.92. The lowest BCUT2D eigenvalue weighted by Crippen LogP contribution is -2.56. The van der Waals surface area contributed by atoms with Gasteiger partial charge in [-0.2, -0.15) is 26.3 Å². The summed E-state index contributed by atoms with van der Waals surface area (Å²) in [5, 5.41) is 9.32. The third-order valence-corrected chi connectivity index (χ3v) is 12.3. The number of carboxylic acids is 1. The number of likely N-dealkylation sites (tertiary alicyclic amines) is 1. The molecule has 0 unspecified atom stereocenters. The molecule has 50 heavy (non-hydrogen) atoms. The lowest BCUT2D eigenvalue weighted by molar-refractivity contribution is -0.392. The Morgan fingerprint density at radius 2 is 1.40 bits per heavy atom. The number of hydrogen-bond donors (Lipinski definition) is 1. The molecule has 0 spiro atoms. The van der Waals surface area contributed by atoms with Crippen molar-refractivity contribution in [3.63, 3.8) is 0 Å². The molecule has 1 aliphatic heterocycles. The smallest absolute Gasteiger partial charge is 0.430 e. The van der Waals surface area contributed by atoms with Gasteiger partial charge in [0.2, 0.25) is 0 Å². The summed E-state index contributed by atoms with van der Waals surface area (Å²) in [6, 6.07) is 8.56. The van der Waals surface area contributed by atoms with Gasteiger partial charge in [0.05, 0.1) is 17.4 Å². The zero-order valence-electron chi connectivity index (χ0n) is 26.2. The van der Waals surface area contributed by atoms with Crippen molar-refractivity contribution in [2.45, 2.75) is 66.3 Å². The Kier molecular flexibility index (Phi) is 10.4. The minimum absolute atomic E-state index is 0.0212. The molecule has 16 heteroatoms. The molecule has 2 fully saturated rings. The number of aliphatic carboxylic acids is 1. The summed E-state index contributed by atoms with van der Waals surface area (Å²) in [6.07, 6.45) is -10.5. The van der Waals surface area contributed by atoms with E-state index in [4.69, 9.17) is 0 Å². The van der Waals surface area contributed by atoms with Crippen LogP contribution in [0.25, 0.3) is 0 Å². The fourth-order valence-corrected chi connectivity index (χ4v) is 9.12. The van der Waals surface area contributed by atoms with Crippen LogP contribution in [0.2, 0.25) is 0 Å². The molecule has 6 nitrogen and oxygen atoms in total. The second-order valence-corrected chi connectivity index (χ2v) is 15.0. The fourth-order valence-electron chi connectivity index (χ4n) is 7.01. The van der Waals surface area contributed by atoms with Crippen LogP contribution in [0.15, 0.2) is 71.6 Å². The molecule has 1 saturated carbocycles. The highest BCUT2D eigenvalue weighted by Gasteiger charge is 2.73. The van der Waals surface area contributed by atoms with Crippen molar-refractivity contribution in [1.82, 2.24) is 4.90 Å². The second kappa shape index (κ2) is 13.8. The van der Waals surface area contributed by atoms with Crippen molar-refractivity contribution in [1.29, 1.82) is 0 Å². The quantitative estimate of drug-likeness (QED) is 0.168. The second-order valence-electron chi connectivity index (χ2n) is 12.7. The zero-order valence-corrected chi connectivity index (χ0v) is 27.0. The SMILES string of the molecule is O=C(O)C1CCC(CN2CC[C@](c3ccc(C(OCc4c(F)cccc4F)(C(F)(F)F)C(F)(F)F)cc3)(S(=O)(=O)c3ccc(F)cc3)C2)CC1. The van der Waals surface area contributed by atoms with Gasteiger partial charge in [-0.25, -0.2) is 21.6 Å². The Morgan fingerprint density at radius 3 is 1.92 bits per heavy atom. The summed E-state index contributed by atoms with van der Waals surface area (Å²) >= 11 is 0. The van der Waals surface area contributed by atoms with E-state index >= 15 is 0 Å². The van der Waals surface area contributed by atoms with Gasteiger partial charge < -0.3 is 14.7 Å². The molecule has 5 rings (SSSR count). The van der Waals surface area contributed by atoms with Gasteiger partial charge in [0, 0.05) is 30.8 Å². The minimum Gasteiger partial charge on any atom is -0.481 e. The Balaban J connectivity index is 1.54. The number of alkyl halides is 6. The third kappa shape index (κ3) is 6.85. The number of carboxylic acid groups (broad SMARTS) is 1. The van der Waals surface area contributed by atoms with Gasteiger partial charge in [-0.3, -0.25) is 4.79 Å². The van der Waals surface area contributed by atoms with Crippen molar-refractivity contribution < 1.29 is 62.6 Å². The number of hydrogen-bond acceptors (Lipinski definition) is 5. The van der Waals surface area contributed by atoms with E-state index in [0.29, 0.717) is 56.5 Å². The maximum Gasteiger partial charge on any atom is 0.430 e. The topological polar surface area (TPSA) is 83.9 Å². The first-order chi connectivity index (χ1) is 23.3. The van der Waals surface area contributed by atoms with E-state index < -0.39 is 79.6 Å². The van der Waals surface area contributed by atoms with E-state index in [-0.39, 0.29) is 35.9 Å². The average Bonchev–Trinajstić information content (AvgIpc) is 3.47. The summed E-state index contributed by atoms with van der Waals surface area (Å²) in [7, 11) is -4.47. The van der Waals surface area contributed by atoms with Gasteiger partial charge in [-0.1, -0.05) is 30.3 Å². The van der Waals surface area contributed by atoms with Crippen LogP contribution >= 0.6 is 0 Å². The maximum absolute atomic E-state index is 14.5. The molecule has 0 radical (unpaired) electrons. The van der Waals surface area contributed by atoms with Crippen molar-refractivity contribution in [3.05, 3.63) is 101 Å². The molecule has 3 aromatic rings. The molecule has 0 amide bonds. The molecule has 1 heterocycles. The number of benzene rings is 3. The number of halogens is 9. The largest absolute Gasteiger partial charge is 0.481 e. The monoisotopic (exact) mass is 737 g/mol. The number of rotatable bonds is 10. The van der Waals surface area contributed by atoms with E-state index in [1.807, 2.05) is 4.90 Å². The van der Waals surface area contributed by atoms with Crippen LogP contribution < -0.4 is 0 Å². The summed E-state index contributed by atoms with van der Waals surface area (Å²) in [5.41, 5.74) is -7.86. The van der Waals surface area contributed by atoms with Gasteiger partial charge in [-0.05, 0) is 80.0 Å². The highest BCUT2D eigenvalue weighted by atomic mass is 32.2. The molecule has 0 bridgehead atoms. The van der Waals surface area contributed by atoms with Crippen LogP contribution in [0, 0.1) is 29.3 Å². The number of nitrogens with zero attached hydrogens (tertiary/aromatic N) is 1. The molecule has 3 aromatic carbocycles.